The molecule has 0 atom stereocenters. The molecule has 3 rings (SSSR count). The van der Waals surface area contributed by atoms with Crippen molar-refractivity contribution in [2.75, 3.05) is 38.2 Å². The molecule has 0 spiro atoms. The van der Waals surface area contributed by atoms with E-state index in [1.54, 1.807) is 7.11 Å². The predicted octanol–water partition coefficient (Wildman–Crippen LogP) is 3.53. The zero-order chi connectivity index (χ0) is 17.8. The summed E-state index contributed by atoms with van der Waals surface area (Å²) in [7, 11) is 1.62. The van der Waals surface area contributed by atoms with Crippen LogP contribution in [0.25, 0.3) is 0 Å². The SMILES string of the molecule is CCc1cccc(C)c1N1CCN(C(=O)c2cccc(OC)c2)CC1. The molecular weight excluding hydrogens is 312 g/mol. The average molecular weight is 338 g/mol. The average Bonchev–Trinajstić information content (AvgIpc) is 2.67. The van der Waals surface area contributed by atoms with Gasteiger partial charge in [0.2, 0.25) is 0 Å². The third-order valence-electron chi connectivity index (χ3n) is 4.90. The fraction of sp³-hybridized carbons (Fsp3) is 0.381. The van der Waals surface area contributed by atoms with Crippen LogP contribution in [0.1, 0.15) is 28.4 Å². The number of hydrogen-bond donors (Lipinski definition) is 0. The second-order valence-corrected chi connectivity index (χ2v) is 6.45. The van der Waals surface area contributed by atoms with Gasteiger partial charge >= 0.3 is 0 Å². The lowest BCUT2D eigenvalue weighted by Gasteiger charge is -2.37. The van der Waals surface area contributed by atoms with Crippen molar-refractivity contribution in [3.63, 3.8) is 0 Å². The first-order chi connectivity index (χ1) is 12.1. The van der Waals surface area contributed by atoms with Crippen LogP contribution in [0.2, 0.25) is 0 Å². The minimum atomic E-state index is 0.0825. The van der Waals surface area contributed by atoms with E-state index in [0.717, 1.165) is 38.3 Å². The van der Waals surface area contributed by atoms with Gasteiger partial charge in [-0.3, -0.25) is 4.79 Å². The van der Waals surface area contributed by atoms with E-state index in [9.17, 15) is 4.79 Å². The van der Waals surface area contributed by atoms with Gasteiger partial charge in [-0.2, -0.15) is 0 Å². The van der Waals surface area contributed by atoms with Crippen molar-refractivity contribution in [1.82, 2.24) is 4.90 Å². The number of anilines is 1. The highest BCUT2D eigenvalue weighted by molar-refractivity contribution is 5.94. The normalized spacial score (nSPS) is 14.5. The smallest absolute Gasteiger partial charge is 0.254 e. The number of ether oxygens (including phenoxy) is 1. The molecule has 1 aliphatic heterocycles. The lowest BCUT2D eigenvalue weighted by molar-refractivity contribution is 0.0746. The maximum atomic E-state index is 12.8. The third-order valence-corrected chi connectivity index (χ3v) is 4.90. The van der Waals surface area contributed by atoms with Crippen LogP contribution in [0.5, 0.6) is 5.75 Å². The first-order valence-corrected chi connectivity index (χ1v) is 8.90. The van der Waals surface area contributed by atoms with Gasteiger partial charge in [0.05, 0.1) is 7.11 Å². The maximum absolute atomic E-state index is 12.8. The molecule has 0 aromatic heterocycles. The summed E-state index contributed by atoms with van der Waals surface area (Å²) in [4.78, 5) is 17.1. The number of aryl methyl sites for hydroxylation is 2. The highest BCUT2D eigenvalue weighted by Crippen LogP contribution is 2.27. The van der Waals surface area contributed by atoms with Crippen molar-refractivity contribution in [1.29, 1.82) is 0 Å². The van der Waals surface area contributed by atoms with Crippen molar-refractivity contribution >= 4 is 11.6 Å². The summed E-state index contributed by atoms with van der Waals surface area (Å²) in [6.07, 6.45) is 1.03. The van der Waals surface area contributed by atoms with Crippen molar-refractivity contribution in [2.24, 2.45) is 0 Å². The van der Waals surface area contributed by atoms with E-state index >= 15 is 0 Å². The number of benzene rings is 2. The molecule has 2 aromatic carbocycles. The van der Waals surface area contributed by atoms with E-state index in [4.69, 9.17) is 4.74 Å². The van der Waals surface area contributed by atoms with Gasteiger partial charge in [0, 0.05) is 37.4 Å². The van der Waals surface area contributed by atoms with Crippen LogP contribution in [-0.2, 0) is 6.42 Å². The number of para-hydroxylation sites is 1. The molecule has 1 heterocycles. The van der Waals surface area contributed by atoms with Gasteiger partial charge < -0.3 is 14.5 Å². The van der Waals surface area contributed by atoms with Gasteiger partial charge in [-0.15, -0.1) is 0 Å². The lowest BCUT2D eigenvalue weighted by Crippen LogP contribution is -2.49. The standard InChI is InChI=1S/C21H26N2O2/c1-4-17-8-5-7-16(2)20(17)22-11-13-23(14-12-22)21(24)18-9-6-10-19(15-18)25-3/h5-10,15H,4,11-14H2,1-3H3. The number of carbonyl (C=O) groups excluding carboxylic acids is 1. The summed E-state index contributed by atoms with van der Waals surface area (Å²) < 4.78 is 5.23. The van der Waals surface area contributed by atoms with Gasteiger partial charge in [-0.05, 0) is 42.7 Å². The summed E-state index contributed by atoms with van der Waals surface area (Å²) in [6, 6.07) is 13.9. The van der Waals surface area contributed by atoms with Gasteiger partial charge in [0.25, 0.3) is 5.91 Å². The Morgan fingerprint density at radius 2 is 1.80 bits per heavy atom. The summed E-state index contributed by atoms with van der Waals surface area (Å²) in [5, 5.41) is 0. The lowest BCUT2D eigenvalue weighted by atomic mass is 10.0. The Balaban J connectivity index is 1.71. The Morgan fingerprint density at radius 1 is 1.08 bits per heavy atom. The fourth-order valence-electron chi connectivity index (χ4n) is 3.53. The summed E-state index contributed by atoms with van der Waals surface area (Å²) in [5.41, 5.74) is 4.73. The molecule has 0 saturated carbocycles. The first kappa shape index (κ1) is 17.3. The zero-order valence-electron chi connectivity index (χ0n) is 15.3. The molecule has 0 aliphatic carbocycles. The second-order valence-electron chi connectivity index (χ2n) is 6.45. The molecule has 0 N–H and O–H groups in total. The maximum Gasteiger partial charge on any atom is 0.254 e. The highest BCUT2D eigenvalue weighted by Gasteiger charge is 2.24. The molecule has 25 heavy (non-hydrogen) atoms. The van der Waals surface area contributed by atoms with E-state index in [1.807, 2.05) is 29.2 Å². The van der Waals surface area contributed by atoms with Crippen LogP contribution in [-0.4, -0.2) is 44.1 Å². The van der Waals surface area contributed by atoms with Gasteiger partial charge in [0.1, 0.15) is 5.75 Å². The van der Waals surface area contributed by atoms with Crippen molar-refractivity contribution in [3.05, 3.63) is 59.2 Å². The molecule has 0 unspecified atom stereocenters. The molecule has 132 valence electrons. The van der Waals surface area contributed by atoms with Crippen LogP contribution in [0.3, 0.4) is 0 Å². The van der Waals surface area contributed by atoms with Crippen LogP contribution >= 0.6 is 0 Å². The van der Waals surface area contributed by atoms with E-state index in [-0.39, 0.29) is 5.91 Å². The fourth-order valence-corrected chi connectivity index (χ4v) is 3.53. The number of carbonyl (C=O) groups is 1. The molecule has 0 radical (unpaired) electrons. The zero-order valence-corrected chi connectivity index (χ0v) is 15.3. The number of amides is 1. The Kier molecular flexibility index (Phi) is 5.27. The summed E-state index contributed by atoms with van der Waals surface area (Å²) >= 11 is 0. The second kappa shape index (κ2) is 7.60. The Morgan fingerprint density at radius 3 is 2.48 bits per heavy atom. The highest BCUT2D eigenvalue weighted by atomic mass is 16.5. The van der Waals surface area contributed by atoms with Crippen LogP contribution in [0, 0.1) is 6.92 Å². The van der Waals surface area contributed by atoms with Gasteiger partial charge in [-0.25, -0.2) is 0 Å². The molecule has 2 aromatic rings. The molecule has 1 aliphatic rings. The monoisotopic (exact) mass is 338 g/mol. The van der Waals surface area contributed by atoms with Crippen LogP contribution < -0.4 is 9.64 Å². The van der Waals surface area contributed by atoms with E-state index in [2.05, 4.69) is 36.9 Å². The van der Waals surface area contributed by atoms with Crippen molar-refractivity contribution in [2.45, 2.75) is 20.3 Å². The van der Waals surface area contributed by atoms with Gasteiger partial charge in [-0.1, -0.05) is 31.2 Å². The Hall–Kier alpha value is -2.49. The summed E-state index contributed by atoms with van der Waals surface area (Å²) in [5.74, 6) is 0.802. The molecule has 4 heteroatoms. The first-order valence-electron chi connectivity index (χ1n) is 8.90. The number of piperazine rings is 1. The van der Waals surface area contributed by atoms with E-state index in [1.165, 1.54) is 16.8 Å². The summed E-state index contributed by atoms with van der Waals surface area (Å²) in [6.45, 7) is 7.59. The minimum Gasteiger partial charge on any atom is -0.497 e. The van der Waals surface area contributed by atoms with E-state index < -0.39 is 0 Å². The predicted molar refractivity (Wildman–Crippen MR) is 102 cm³/mol. The Bertz CT molecular complexity index is 749. The quantitative estimate of drug-likeness (QED) is 0.855. The number of rotatable bonds is 4. The molecule has 0 bridgehead atoms. The molecular formula is C21H26N2O2. The van der Waals surface area contributed by atoms with Crippen molar-refractivity contribution in [3.8, 4) is 5.75 Å². The number of methoxy groups -OCH3 is 1. The topological polar surface area (TPSA) is 32.8 Å². The molecule has 4 nitrogen and oxygen atoms in total. The minimum absolute atomic E-state index is 0.0825. The van der Waals surface area contributed by atoms with Crippen LogP contribution in [0.15, 0.2) is 42.5 Å². The molecule has 1 amide bonds. The number of nitrogens with zero attached hydrogens (tertiary/aromatic N) is 2. The van der Waals surface area contributed by atoms with Crippen molar-refractivity contribution < 1.29 is 9.53 Å². The largest absolute Gasteiger partial charge is 0.497 e. The van der Waals surface area contributed by atoms with Crippen LogP contribution in [0.4, 0.5) is 5.69 Å². The molecule has 1 saturated heterocycles. The van der Waals surface area contributed by atoms with Gasteiger partial charge in [0.15, 0.2) is 0 Å². The van der Waals surface area contributed by atoms with E-state index in [0.29, 0.717) is 5.56 Å². The Labute approximate surface area is 150 Å². The third kappa shape index (κ3) is 3.63. The number of hydrogen-bond acceptors (Lipinski definition) is 3. The molecule has 1 fully saturated rings.